The summed E-state index contributed by atoms with van der Waals surface area (Å²) in [6.45, 7) is 8.89. The summed E-state index contributed by atoms with van der Waals surface area (Å²) >= 11 is 0. The number of carbonyl (C=O) groups excluding carboxylic acids is 1. The van der Waals surface area contributed by atoms with Gasteiger partial charge in [-0.05, 0) is 46.9 Å². The molecule has 2 aromatic rings. The minimum atomic E-state index is -1.08. The second-order valence-electron chi connectivity index (χ2n) is 8.21. The Kier molecular flexibility index (Phi) is 5.86. The number of hydrogen-bond donors (Lipinski definition) is 1. The van der Waals surface area contributed by atoms with Gasteiger partial charge >= 0.3 is 35.5 Å². The van der Waals surface area contributed by atoms with Crippen molar-refractivity contribution < 1.29 is 45.7 Å². The Bertz CT molecular complexity index is 872. The average molecular weight is 360 g/mol. The smallest absolute Gasteiger partial charge is 1.00 e. The quantitative estimate of drug-likeness (QED) is 0.674. The van der Waals surface area contributed by atoms with E-state index in [-0.39, 0.29) is 58.7 Å². The van der Waals surface area contributed by atoms with Gasteiger partial charge in [-0.15, -0.1) is 0 Å². The zero-order valence-corrected chi connectivity index (χ0v) is 18.2. The number of aromatic carboxylic acids is 1. The van der Waals surface area contributed by atoms with Crippen LogP contribution in [0.1, 0.15) is 79.4 Å². The van der Waals surface area contributed by atoms with Crippen molar-refractivity contribution in [2.75, 3.05) is 0 Å². The topological polar surface area (TPSA) is 54.4 Å². The summed E-state index contributed by atoms with van der Waals surface area (Å²) in [6.07, 6.45) is 2.18. The van der Waals surface area contributed by atoms with Crippen LogP contribution in [0.15, 0.2) is 42.5 Å². The summed E-state index contributed by atoms with van der Waals surface area (Å²) in [5.41, 5.74) is 3.42. The van der Waals surface area contributed by atoms with Crippen LogP contribution in [0.25, 0.3) is 0 Å². The number of rotatable bonds is 3. The van der Waals surface area contributed by atoms with Crippen LogP contribution in [0.3, 0.4) is 0 Å². The van der Waals surface area contributed by atoms with Gasteiger partial charge in [0.2, 0.25) is 0 Å². The molecule has 1 aliphatic rings. The van der Waals surface area contributed by atoms with E-state index in [4.69, 9.17) is 0 Å². The van der Waals surface area contributed by atoms with Crippen molar-refractivity contribution in [1.82, 2.24) is 0 Å². The van der Waals surface area contributed by atoms with E-state index in [2.05, 4.69) is 27.7 Å². The zero-order valence-electron chi connectivity index (χ0n) is 17.2. The first-order valence-corrected chi connectivity index (χ1v) is 8.65. The summed E-state index contributed by atoms with van der Waals surface area (Å²) in [7, 11) is 0. The fourth-order valence-corrected chi connectivity index (χ4v) is 3.75. The second-order valence-corrected chi connectivity index (χ2v) is 8.21. The first-order chi connectivity index (χ1) is 11.6. The molecule has 1 aliphatic carbocycles. The molecule has 26 heavy (non-hydrogen) atoms. The van der Waals surface area contributed by atoms with E-state index in [1.54, 1.807) is 18.2 Å². The SMILES string of the molecule is CC1(C)CCC(C)(C)c2cc(C(=O)c3ccccc3C(=O)O)ccc21.[H-].[Na+]. The van der Waals surface area contributed by atoms with Crippen LogP contribution in [-0.4, -0.2) is 16.9 Å². The van der Waals surface area contributed by atoms with Crippen molar-refractivity contribution in [1.29, 1.82) is 0 Å². The first-order valence-electron chi connectivity index (χ1n) is 8.65. The number of hydrogen-bond acceptors (Lipinski definition) is 2. The molecule has 0 bridgehead atoms. The Labute approximate surface area is 178 Å². The fraction of sp³-hybridized carbons (Fsp3) is 0.364. The van der Waals surface area contributed by atoms with Gasteiger partial charge in [-0.3, -0.25) is 4.79 Å². The maximum Gasteiger partial charge on any atom is 1.00 e. The minimum absolute atomic E-state index is 0. The van der Waals surface area contributed by atoms with E-state index >= 15 is 0 Å². The van der Waals surface area contributed by atoms with E-state index in [9.17, 15) is 14.7 Å². The van der Waals surface area contributed by atoms with Crippen molar-refractivity contribution in [3.63, 3.8) is 0 Å². The second kappa shape index (κ2) is 7.30. The van der Waals surface area contributed by atoms with Crippen LogP contribution in [0.4, 0.5) is 0 Å². The predicted octanol–water partition coefficient (Wildman–Crippen LogP) is 2.08. The van der Waals surface area contributed by atoms with Gasteiger partial charge in [0.1, 0.15) is 0 Å². The Morgan fingerprint density at radius 1 is 0.885 bits per heavy atom. The van der Waals surface area contributed by atoms with E-state index < -0.39 is 5.97 Å². The Hall–Kier alpha value is -1.42. The molecule has 0 saturated carbocycles. The van der Waals surface area contributed by atoms with Gasteiger partial charge in [0.15, 0.2) is 5.78 Å². The van der Waals surface area contributed by atoms with Crippen molar-refractivity contribution in [2.45, 2.75) is 51.4 Å². The number of fused-ring (bicyclic) bond motifs is 1. The van der Waals surface area contributed by atoms with Crippen LogP contribution in [0.5, 0.6) is 0 Å². The molecule has 0 aromatic heterocycles. The van der Waals surface area contributed by atoms with E-state index in [0.717, 1.165) is 12.8 Å². The van der Waals surface area contributed by atoms with Gasteiger partial charge in [-0.25, -0.2) is 4.79 Å². The molecule has 0 spiro atoms. The third-order valence-electron chi connectivity index (χ3n) is 5.52. The van der Waals surface area contributed by atoms with Crippen molar-refractivity contribution in [3.05, 3.63) is 70.3 Å². The number of carboxylic acids is 1. The van der Waals surface area contributed by atoms with E-state index in [1.807, 2.05) is 18.2 Å². The number of carbonyl (C=O) groups is 2. The normalized spacial score (nSPS) is 16.9. The standard InChI is InChI=1S/C22H24O3.Na.H/c1-21(2)11-12-22(3,4)18-13-14(9-10-17(18)21)19(23)15-7-5-6-8-16(15)20(24)25;;/h5-10,13H,11-12H2,1-4H3,(H,24,25);;/q;+1;-1. The maximum atomic E-state index is 13.0. The van der Waals surface area contributed by atoms with Crippen LogP contribution < -0.4 is 29.6 Å². The van der Waals surface area contributed by atoms with Gasteiger partial charge in [0.05, 0.1) is 5.56 Å². The molecule has 3 nitrogen and oxygen atoms in total. The molecular formula is C22H25NaO3. The van der Waals surface area contributed by atoms with E-state index in [1.165, 1.54) is 17.2 Å². The van der Waals surface area contributed by atoms with Gasteiger partial charge < -0.3 is 6.53 Å². The molecule has 3 rings (SSSR count). The summed E-state index contributed by atoms with van der Waals surface area (Å²) in [5, 5.41) is 9.35. The molecule has 0 unspecified atom stereocenters. The molecule has 0 aliphatic heterocycles. The van der Waals surface area contributed by atoms with Gasteiger partial charge in [-0.2, -0.15) is 0 Å². The molecular weight excluding hydrogens is 335 g/mol. The maximum absolute atomic E-state index is 13.0. The van der Waals surface area contributed by atoms with Crippen LogP contribution in [0, 0.1) is 0 Å². The predicted molar refractivity (Wildman–Crippen MR) is 99.7 cm³/mol. The van der Waals surface area contributed by atoms with Crippen LogP contribution >= 0.6 is 0 Å². The molecule has 0 fully saturated rings. The average Bonchev–Trinajstić information content (AvgIpc) is 2.58. The summed E-state index contributed by atoms with van der Waals surface area (Å²) in [5.74, 6) is -1.32. The Morgan fingerprint density at radius 3 is 2.00 bits per heavy atom. The van der Waals surface area contributed by atoms with E-state index in [0.29, 0.717) is 5.56 Å². The number of carboxylic acid groups (broad SMARTS) is 1. The first kappa shape index (κ1) is 20.9. The summed E-state index contributed by atoms with van der Waals surface area (Å²) in [6, 6.07) is 12.2. The molecule has 0 saturated heterocycles. The molecule has 0 amide bonds. The third kappa shape index (κ3) is 3.66. The molecule has 132 valence electrons. The third-order valence-corrected chi connectivity index (χ3v) is 5.52. The van der Waals surface area contributed by atoms with Crippen LogP contribution in [-0.2, 0) is 10.8 Å². The van der Waals surface area contributed by atoms with Crippen molar-refractivity contribution >= 4 is 11.8 Å². The molecule has 2 aromatic carbocycles. The van der Waals surface area contributed by atoms with Crippen molar-refractivity contribution in [3.8, 4) is 0 Å². The number of benzene rings is 2. The molecule has 0 atom stereocenters. The Morgan fingerprint density at radius 2 is 1.42 bits per heavy atom. The molecule has 1 N–H and O–H groups in total. The molecule has 0 heterocycles. The molecule has 4 heteroatoms. The largest absolute Gasteiger partial charge is 1.00 e. The summed E-state index contributed by atoms with van der Waals surface area (Å²) in [4.78, 5) is 24.4. The summed E-state index contributed by atoms with van der Waals surface area (Å²) < 4.78 is 0. The van der Waals surface area contributed by atoms with Crippen molar-refractivity contribution in [2.24, 2.45) is 0 Å². The number of ketones is 1. The van der Waals surface area contributed by atoms with Gasteiger partial charge in [-0.1, -0.05) is 58.0 Å². The molecule has 0 radical (unpaired) electrons. The Balaban J connectivity index is 0.00000182. The van der Waals surface area contributed by atoms with Crippen LogP contribution in [0.2, 0.25) is 0 Å². The monoisotopic (exact) mass is 360 g/mol. The fourth-order valence-electron chi connectivity index (χ4n) is 3.75. The zero-order chi connectivity index (χ0) is 18.4. The van der Waals surface area contributed by atoms with Gasteiger partial charge in [0, 0.05) is 11.1 Å². The van der Waals surface area contributed by atoms with Gasteiger partial charge in [0.25, 0.3) is 0 Å². The minimum Gasteiger partial charge on any atom is -1.00 e.